The van der Waals surface area contributed by atoms with Crippen LogP contribution in [0.4, 0.5) is 10.1 Å². The van der Waals surface area contributed by atoms with E-state index in [0.717, 1.165) is 19.1 Å². The second kappa shape index (κ2) is 11.1. The number of halogens is 1. The number of sulfonamides is 1. The van der Waals surface area contributed by atoms with Crippen molar-refractivity contribution >= 4 is 21.6 Å². The van der Waals surface area contributed by atoms with Gasteiger partial charge in [0.2, 0.25) is 15.9 Å². The first-order valence-corrected chi connectivity index (χ1v) is 12.1. The Hall–Kier alpha value is -2.41. The van der Waals surface area contributed by atoms with Crippen molar-refractivity contribution in [2.24, 2.45) is 0 Å². The van der Waals surface area contributed by atoms with Crippen LogP contribution in [-0.2, 0) is 21.2 Å². The zero-order valence-corrected chi connectivity index (χ0v) is 18.7. The van der Waals surface area contributed by atoms with Crippen LogP contribution >= 0.6 is 0 Å². The highest BCUT2D eigenvalue weighted by molar-refractivity contribution is 7.92. The molecule has 0 spiro atoms. The molecule has 0 saturated carbocycles. The van der Waals surface area contributed by atoms with E-state index in [0.29, 0.717) is 24.6 Å². The first-order valence-electron chi connectivity index (χ1n) is 10.3. The summed E-state index contributed by atoms with van der Waals surface area (Å²) in [5.41, 5.74) is 2.95. The number of nitrogens with zero attached hydrogens (tertiary/aromatic N) is 1. The van der Waals surface area contributed by atoms with Gasteiger partial charge in [-0.2, -0.15) is 0 Å². The molecule has 30 heavy (non-hydrogen) atoms. The molecule has 164 valence electrons. The Kier molecular flexibility index (Phi) is 8.84. The number of benzene rings is 2. The van der Waals surface area contributed by atoms with Crippen molar-refractivity contribution in [2.75, 3.05) is 23.7 Å². The van der Waals surface area contributed by atoms with Gasteiger partial charge in [-0.1, -0.05) is 38.1 Å². The maximum Gasteiger partial charge on any atom is 0.232 e. The van der Waals surface area contributed by atoms with Crippen LogP contribution < -0.4 is 9.62 Å². The van der Waals surface area contributed by atoms with E-state index >= 15 is 0 Å². The Morgan fingerprint density at radius 1 is 1.03 bits per heavy atom. The van der Waals surface area contributed by atoms with E-state index in [-0.39, 0.29) is 18.9 Å². The van der Waals surface area contributed by atoms with Gasteiger partial charge in [-0.25, -0.2) is 12.8 Å². The van der Waals surface area contributed by atoms with E-state index < -0.39 is 15.8 Å². The summed E-state index contributed by atoms with van der Waals surface area (Å²) in [6.45, 7) is 5.08. The van der Waals surface area contributed by atoms with Crippen LogP contribution in [-0.4, -0.2) is 33.7 Å². The van der Waals surface area contributed by atoms with Crippen molar-refractivity contribution in [3.05, 3.63) is 65.5 Å². The van der Waals surface area contributed by atoms with Gasteiger partial charge in [0, 0.05) is 19.5 Å². The normalized spacial score (nSPS) is 11.5. The molecular formula is C23H31FN2O3S. The third-order valence-corrected chi connectivity index (χ3v) is 6.08. The molecule has 0 fully saturated rings. The van der Waals surface area contributed by atoms with Crippen molar-refractivity contribution in [2.45, 2.75) is 45.4 Å². The lowest BCUT2D eigenvalue weighted by molar-refractivity contribution is -0.121. The Morgan fingerprint density at radius 2 is 1.67 bits per heavy atom. The van der Waals surface area contributed by atoms with Crippen LogP contribution in [0.2, 0.25) is 0 Å². The number of amides is 1. The lowest BCUT2D eigenvalue weighted by Crippen LogP contribution is -2.32. The van der Waals surface area contributed by atoms with Gasteiger partial charge < -0.3 is 5.32 Å². The van der Waals surface area contributed by atoms with E-state index in [4.69, 9.17) is 0 Å². The summed E-state index contributed by atoms with van der Waals surface area (Å²) >= 11 is 0. The predicted octanol–water partition coefficient (Wildman–Crippen LogP) is 4.24. The van der Waals surface area contributed by atoms with Gasteiger partial charge >= 0.3 is 0 Å². The van der Waals surface area contributed by atoms with Crippen molar-refractivity contribution in [3.8, 4) is 0 Å². The summed E-state index contributed by atoms with van der Waals surface area (Å²) < 4.78 is 38.3. The Balaban J connectivity index is 1.72. The third-order valence-electron chi connectivity index (χ3n) is 4.89. The van der Waals surface area contributed by atoms with Crippen molar-refractivity contribution < 1.29 is 17.6 Å². The van der Waals surface area contributed by atoms with E-state index in [9.17, 15) is 17.6 Å². The Bertz CT molecular complexity index is 910. The summed E-state index contributed by atoms with van der Waals surface area (Å²) in [5, 5.41) is 2.89. The van der Waals surface area contributed by atoms with Gasteiger partial charge in [0.25, 0.3) is 0 Å². The standard InChI is InChI=1S/C23H31FN2O3S/c1-18(2)20-10-8-19(9-11-20)6-4-16-25-23(27)7-5-17-26(30(3,28)29)22-14-12-21(24)13-15-22/h8-15,18H,4-7,16-17H2,1-3H3,(H,25,27). The highest BCUT2D eigenvalue weighted by Crippen LogP contribution is 2.19. The molecule has 0 saturated heterocycles. The van der Waals surface area contributed by atoms with Gasteiger partial charge in [0.15, 0.2) is 0 Å². The molecule has 0 heterocycles. The number of carbonyl (C=O) groups excluding carboxylic acids is 1. The molecule has 0 aromatic heterocycles. The molecule has 5 nitrogen and oxygen atoms in total. The van der Waals surface area contributed by atoms with E-state index in [2.05, 4.69) is 43.4 Å². The second-order valence-electron chi connectivity index (χ2n) is 7.76. The molecule has 1 amide bonds. The van der Waals surface area contributed by atoms with Crippen molar-refractivity contribution in [1.82, 2.24) is 5.32 Å². The molecule has 0 bridgehead atoms. The van der Waals surface area contributed by atoms with Crippen LogP contribution in [0.5, 0.6) is 0 Å². The number of anilines is 1. The van der Waals surface area contributed by atoms with Crippen molar-refractivity contribution in [3.63, 3.8) is 0 Å². The smallest absolute Gasteiger partial charge is 0.232 e. The van der Waals surface area contributed by atoms with Gasteiger partial charge in [-0.15, -0.1) is 0 Å². The highest BCUT2D eigenvalue weighted by atomic mass is 32.2. The largest absolute Gasteiger partial charge is 0.356 e. The fraction of sp³-hybridized carbons (Fsp3) is 0.435. The SMILES string of the molecule is CC(C)c1ccc(CCCNC(=O)CCCN(c2ccc(F)cc2)S(C)(=O)=O)cc1. The minimum absolute atomic E-state index is 0.0993. The molecule has 0 radical (unpaired) electrons. The summed E-state index contributed by atoms with van der Waals surface area (Å²) in [6.07, 6.45) is 3.45. The van der Waals surface area contributed by atoms with E-state index in [1.165, 1.54) is 39.7 Å². The number of rotatable bonds is 11. The average molecular weight is 435 g/mol. The topological polar surface area (TPSA) is 66.5 Å². The third kappa shape index (κ3) is 7.78. The predicted molar refractivity (Wildman–Crippen MR) is 120 cm³/mol. The molecule has 2 rings (SSSR count). The average Bonchev–Trinajstić information content (AvgIpc) is 2.69. The summed E-state index contributed by atoms with van der Waals surface area (Å²) in [6, 6.07) is 13.8. The summed E-state index contributed by atoms with van der Waals surface area (Å²) in [5.74, 6) is -0.0137. The lowest BCUT2D eigenvalue weighted by Gasteiger charge is -2.22. The fourth-order valence-corrected chi connectivity index (χ4v) is 4.12. The fourth-order valence-electron chi connectivity index (χ4n) is 3.15. The maximum absolute atomic E-state index is 13.1. The molecule has 0 unspecified atom stereocenters. The van der Waals surface area contributed by atoms with Gasteiger partial charge in [-0.05, 0) is 60.6 Å². The number of hydrogen-bond acceptors (Lipinski definition) is 3. The molecule has 0 aliphatic carbocycles. The summed E-state index contributed by atoms with van der Waals surface area (Å²) in [7, 11) is -3.51. The highest BCUT2D eigenvalue weighted by Gasteiger charge is 2.17. The quantitative estimate of drug-likeness (QED) is 0.538. The number of carbonyl (C=O) groups is 1. The minimum Gasteiger partial charge on any atom is -0.356 e. The van der Waals surface area contributed by atoms with Crippen LogP contribution in [0.15, 0.2) is 48.5 Å². The Labute approximate surface area is 179 Å². The van der Waals surface area contributed by atoms with Crippen LogP contribution in [0.25, 0.3) is 0 Å². The monoisotopic (exact) mass is 434 g/mol. The lowest BCUT2D eigenvalue weighted by atomic mass is 10.0. The van der Waals surface area contributed by atoms with Crippen LogP contribution in [0.3, 0.4) is 0 Å². The summed E-state index contributed by atoms with van der Waals surface area (Å²) in [4.78, 5) is 12.1. The zero-order valence-electron chi connectivity index (χ0n) is 17.9. The first kappa shape index (κ1) is 23.9. The second-order valence-corrected chi connectivity index (χ2v) is 9.67. The molecule has 1 N–H and O–H groups in total. The molecule has 0 atom stereocenters. The van der Waals surface area contributed by atoms with Gasteiger partial charge in [-0.3, -0.25) is 9.10 Å². The van der Waals surface area contributed by atoms with Crippen LogP contribution in [0.1, 0.15) is 50.2 Å². The van der Waals surface area contributed by atoms with Crippen LogP contribution in [0, 0.1) is 5.82 Å². The molecule has 0 aliphatic heterocycles. The molecular weight excluding hydrogens is 403 g/mol. The van der Waals surface area contributed by atoms with Gasteiger partial charge in [0.1, 0.15) is 5.82 Å². The zero-order chi connectivity index (χ0) is 22.1. The number of aryl methyl sites for hydroxylation is 1. The van der Waals surface area contributed by atoms with Gasteiger partial charge in [0.05, 0.1) is 11.9 Å². The minimum atomic E-state index is -3.51. The van der Waals surface area contributed by atoms with E-state index in [1.54, 1.807) is 0 Å². The molecule has 2 aromatic rings. The maximum atomic E-state index is 13.1. The molecule has 7 heteroatoms. The van der Waals surface area contributed by atoms with Crippen molar-refractivity contribution in [1.29, 1.82) is 0 Å². The molecule has 0 aliphatic rings. The first-order chi connectivity index (χ1) is 14.2. The molecule has 2 aromatic carbocycles. The number of nitrogens with one attached hydrogen (secondary N) is 1. The van der Waals surface area contributed by atoms with E-state index in [1.807, 2.05) is 0 Å². The number of hydrogen-bond donors (Lipinski definition) is 1. The Morgan fingerprint density at radius 3 is 2.23 bits per heavy atom.